The summed E-state index contributed by atoms with van der Waals surface area (Å²) in [7, 11) is 0. The van der Waals surface area contributed by atoms with Gasteiger partial charge in [0.15, 0.2) is 11.3 Å². The molecule has 2 heterocycles. The van der Waals surface area contributed by atoms with Gasteiger partial charge in [0.05, 0.1) is 11.3 Å². The van der Waals surface area contributed by atoms with E-state index in [4.69, 9.17) is 16.1 Å². The summed E-state index contributed by atoms with van der Waals surface area (Å²) in [5.74, 6) is 0.757. The molecular formula is C22H23N7O. The van der Waals surface area contributed by atoms with Crippen molar-refractivity contribution in [1.29, 1.82) is 16.1 Å². The van der Waals surface area contributed by atoms with E-state index < -0.39 is 0 Å². The molecule has 0 aliphatic carbocycles. The van der Waals surface area contributed by atoms with Crippen LogP contribution in [0.15, 0.2) is 48.9 Å². The van der Waals surface area contributed by atoms with Crippen molar-refractivity contribution in [3.8, 4) is 23.1 Å². The summed E-state index contributed by atoms with van der Waals surface area (Å²) in [6.45, 7) is 4.31. The van der Waals surface area contributed by atoms with E-state index in [1.54, 1.807) is 30.6 Å². The van der Waals surface area contributed by atoms with Crippen molar-refractivity contribution in [2.24, 2.45) is 5.92 Å². The predicted molar refractivity (Wildman–Crippen MR) is 114 cm³/mol. The second-order valence-electron chi connectivity index (χ2n) is 7.15. The van der Waals surface area contributed by atoms with Crippen molar-refractivity contribution in [1.82, 2.24) is 14.5 Å². The summed E-state index contributed by atoms with van der Waals surface area (Å²) in [4.78, 5) is 8.65. The fourth-order valence-electron chi connectivity index (χ4n) is 2.86. The highest BCUT2D eigenvalue weighted by molar-refractivity contribution is 5.84. The number of aromatic nitrogens is 3. The van der Waals surface area contributed by atoms with Crippen molar-refractivity contribution in [3.63, 3.8) is 0 Å². The van der Waals surface area contributed by atoms with Gasteiger partial charge in [-0.3, -0.25) is 20.4 Å². The number of nitrogens with one attached hydrogen (secondary N) is 3. The Morgan fingerprint density at radius 1 is 1.27 bits per heavy atom. The molecule has 152 valence electrons. The Kier molecular flexibility index (Phi) is 6.23. The topological polar surface area (TPSA) is 134 Å². The molecule has 0 radical (unpaired) electrons. The number of hydrogen-bond acceptors (Lipinski definition) is 7. The maximum Gasteiger partial charge on any atom is 0.173 e. The van der Waals surface area contributed by atoms with Crippen LogP contribution in [0.2, 0.25) is 0 Å². The van der Waals surface area contributed by atoms with Crippen LogP contribution in [0.1, 0.15) is 25.0 Å². The van der Waals surface area contributed by atoms with E-state index in [9.17, 15) is 5.11 Å². The number of benzene rings is 1. The number of nitriles is 1. The van der Waals surface area contributed by atoms with Gasteiger partial charge in [0.2, 0.25) is 0 Å². The molecule has 8 heteroatoms. The molecule has 0 amide bonds. The van der Waals surface area contributed by atoms with Gasteiger partial charge >= 0.3 is 0 Å². The Labute approximate surface area is 174 Å². The lowest BCUT2D eigenvalue weighted by Gasteiger charge is -2.16. The van der Waals surface area contributed by atoms with Crippen LogP contribution in [-0.2, 0) is 6.42 Å². The number of phenols is 1. The lowest BCUT2D eigenvalue weighted by molar-refractivity contribution is 0.475. The average molecular weight is 401 g/mol. The van der Waals surface area contributed by atoms with Gasteiger partial charge in [-0.1, -0.05) is 26.0 Å². The van der Waals surface area contributed by atoms with Crippen molar-refractivity contribution in [3.05, 3.63) is 65.5 Å². The third kappa shape index (κ3) is 4.70. The van der Waals surface area contributed by atoms with Crippen molar-refractivity contribution in [2.45, 2.75) is 20.3 Å². The Hall–Kier alpha value is -3.99. The largest absolute Gasteiger partial charge is 0.508 e. The number of pyridine rings is 1. The summed E-state index contributed by atoms with van der Waals surface area (Å²) in [6, 6.07) is 10.7. The van der Waals surface area contributed by atoms with Crippen LogP contribution >= 0.6 is 0 Å². The predicted octanol–water partition coefficient (Wildman–Crippen LogP) is 3.14. The molecule has 8 nitrogen and oxygen atoms in total. The highest BCUT2D eigenvalue weighted by atomic mass is 16.3. The second kappa shape index (κ2) is 9.01. The minimum absolute atomic E-state index is 0.0808. The summed E-state index contributed by atoms with van der Waals surface area (Å²) in [6.07, 6.45) is 5.40. The molecule has 0 saturated carbocycles. The monoisotopic (exact) mass is 401 g/mol. The number of nitrogens with zero attached hydrogens (tertiary/aromatic N) is 4. The number of rotatable bonds is 6. The Bertz CT molecular complexity index is 1160. The van der Waals surface area contributed by atoms with Gasteiger partial charge in [0.25, 0.3) is 0 Å². The average Bonchev–Trinajstić information content (AvgIpc) is 2.75. The first-order valence-corrected chi connectivity index (χ1v) is 9.53. The first kappa shape index (κ1) is 20.7. The first-order valence-electron chi connectivity index (χ1n) is 9.53. The van der Waals surface area contributed by atoms with Crippen LogP contribution < -0.4 is 10.8 Å². The summed E-state index contributed by atoms with van der Waals surface area (Å²) in [5.41, 5.74) is 2.70. The van der Waals surface area contributed by atoms with Gasteiger partial charge < -0.3 is 10.4 Å². The minimum atomic E-state index is -0.0808. The zero-order valence-corrected chi connectivity index (χ0v) is 16.8. The van der Waals surface area contributed by atoms with E-state index in [1.165, 1.54) is 10.8 Å². The van der Waals surface area contributed by atoms with Gasteiger partial charge in [-0.05, 0) is 30.2 Å². The van der Waals surface area contributed by atoms with Crippen molar-refractivity contribution in [2.75, 3.05) is 11.9 Å². The molecule has 0 saturated heterocycles. The van der Waals surface area contributed by atoms with Crippen molar-refractivity contribution >= 4 is 11.7 Å². The molecule has 0 fully saturated rings. The van der Waals surface area contributed by atoms with E-state index in [0.29, 0.717) is 35.6 Å². The molecule has 1 aromatic carbocycles. The zero-order valence-electron chi connectivity index (χ0n) is 16.8. The van der Waals surface area contributed by atoms with Crippen LogP contribution in [0.3, 0.4) is 0 Å². The Morgan fingerprint density at radius 2 is 2.00 bits per heavy atom. The maximum atomic E-state index is 9.40. The fourth-order valence-corrected chi connectivity index (χ4v) is 2.86. The van der Waals surface area contributed by atoms with Gasteiger partial charge in [0.1, 0.15) is 17.7 Å². The third-order valence-corrected chi connectivity index (χ3v) is 4.56. The molecule has 3 aromatic rings. The van der Waals surface area contributed by atoms with E-state index >= 15 is 0 Å². The summed E-state index contributed by atoms with van der Waals surface area (Å²) in [5, 5.41) is 38.6. The molecule has 0 atom stereocenters. The van der Waals surface area contributed by atoms with E-state index in [-0.39, 0.29) is 23.0 Å². The lowest BCUT2D eigenvalue weighted by Crippen LogP contribution is -2.33. The standard InChI is InChI=1S/C22H23N7O/c1-14(2)20(24)29-13-19(17-9-16(10-23)11-26-12-17)28-22(21(29)25)27-8-7-15-3-5-18(30)6-4-15/h3-6,9,11-14,24-25,30H,7-8H2,1-2H3,(H,27,28). The van der Waals surface area contributed by atoms with Crippen LogP contribution in [0.4, 0.5) is 5.82 Å². The highest BCUT2D eigenvalue weighted by Gasteiger charge is 2.13. The number of aromatic hydroxyl groups is 1. The first-order chi connectivity index (χ1) is 14.4. The molecule has 2 aromatic heterocycles. The van der Waals surface area contributed by atoms with Gasteiger partial charge in [-0.2, -0.15) is 5.26 Å². The SMILES string of the molecule is CC(C)C(=N)n1cc(-c2cncc(C#N)c2)nc(NCCc2ccc(O)cc2)c1=N. The molecule has 30 heavy (non-hydrogen) atoms. The smallest absolute Gasteiger partial charge is 0.173 e. The van der Waals surface area contributed by atoms with Crippen LogP contribution in [0.5, 0.6) is 5.75 Å². The molecule has 0 unspecified atom stereocenters. The van der Waals surface area contributed by atoms with Crippen LogP contribution in [-0.4, -0.2) is 32.0 Å². The Morgan fingerprint density at radius 3 is 2.67 bits per heavy atom. The highest BCUT2D eigenvalue weighted by Crippen LogP contribution is 2.18. The summed E-state index contributed by atoms with van der Waals surface area (Å²) >= 11 is 0. The number of phenolic OH excluding ortho intramolecular Hbond substituents is 1. The molecule has 4 N–H and O–H groups in total. The normalized spacial score (nSPS) is 10.6. The van der Waals surface area contributed by atoms with Crippen molar-refractivity contribution < 1.29 is 5.11 Å². The molecule has 0 spiro atoms. The van der Waals surface area contributed by atoms with Gasteiger partial charge in [0, 0.05) is 36.6 Å². The number of hydrogen-bond donors (Lipinski definition) is 4. The minimum Gasteiger partial charge on any atom is -0.508 e. The maximum absolute atomic E-state index is 9.40. The molecule has 0 aliphatic heterocycles. The van der Waals surface area contributed by atoms with Crippen LogP contribution in [0, 0.1) is 28.1 Å². The third-order valence-electron chi connectivity index (χ3n) is 4.56. The summed E-state index contributed by atoms with van der Waals surface area (Å²) < 4.78 is 1.49. The quantitative estimate of drug-likeness (QED) is 0.372. The Balaban J connectivity index is 1.95. The molecule has 3 rings (SSSR count). The zero-order chi connectivity index (χ0) is 21.7. The molecule has 0 aliphatic rings. The second-order valence-corrected chi connectivity index (χ2v) is 7.15. The van der Waals surface area contributed by atoms with Gasteiger partial charge in [-0.25, -0.2) is 4.98 Å². The van der Waals surface area contributed by atoms with Crippen LogP contribution in [0.25, 0.3) is 11.3 Å². The van der Waals surface area contributed by atoms with E-state index in [1.807, 2.05) is 26.0 Å². The van der Waals surface area contributed by atoms with Gasteiger partial charge in [-0.15, -0.1) is 0 Å². The number of anilines is 1. The fraction of sp³-hybridized carbons (Fsp3) is 0.227. The molecule has 0 bridgehead atoms. The lowest BCUT2D eigenvalue weighted by atomic mass is 10.1. The van der Waals surface area contributed by atoms with E-state index in [0.717, 1.165) is 5.56 Å². The van der Waals surface area contributed by atoms with E-state index in [2.05, 4.69) is 21.4 Å². The molecular weight excluding hydrogens is 378 g/mol.